The second-order valence-electron chi connectivity index (χ2n) is 5.73. The summed E-state index contributed by atoms with van der Waals surface area (Å²) in [5.74, 6) is 1.01. The maximum absolute atomic E-state index is 12.8. The molecule has 0 aliphatic heterocycles. The zero-order valence-electron chi connectivity index (χ0n) is 14.6. The first kappa shape index (κ1) is 16.8. The Hall–Kier alpha value is -3.01. The van der Waals surface area contributed by atoms with Gasteiger partial charge in [0.25, 0.3) is 5.91 Å². The van der Waals surface area contributed by atoms with Gasteiger partial charge in [0.2, 0.25) is 0 Å². The molecule has 0 spiro atoms. The number of methoxy groups -OCH3 is 2. The highest BCUT2D eigenvalue weighted by molar-refractivity contribution is 6.06. The fourth-order valence-corrected chi connectivity index (χ4v) is 2.89. The first-order valence-corrected chi connectivity index (χ1v) is 8.21. The quantitative estimate of drug-likeness (QED) is 0.737. The number of hydrogen-bond acceptors (Lipinski definition) is 3. The van der Waals surface area contributed by atoms with Crippen LogP contribution < -0.4 is 14.8 Å². The van der Waals surface area contributed by atoms with Crippen molar-refractivity contribution in [2.24, 2.45) is 0 Å². The Balaban J connectivity index is 1.93. The van der Waals surface area contributed by atoms with Gasteiger partial charge in [-0.05, 0) is 47.0 Å². The van der Waals surface area contributed by atoms with Crippen molar-refractivity contribution < 1.29 is 14.3 Å². The molecule has 0 aromatic heterocycles. The Morgan fingerprint density at radius 1 is 0.920 bits per heavy atom. The first-order valence-electron chi connectivity index (χ1n) is 8.21. The van der Waals surface area contributed by atoms with E-state index < -0.39 is 0 Å². The third kappa shape index (κ3) is 3.43. The average molecular weight is 335 g/mol. The lowest BCUT2D eigenvalue weighted by molar-refractivity contribution is 0.102. The van der Waals surface area contributed by atoms with Crippen LogP contribution in [0.25, 0.3) is 10.8 Å². The summed E-state index contributed by atoms with van der Waals surface area (Å²) in [7, 11) is 3.15. The lowest BCUT2D eigenvalue weighted by Gasteiger charge is -2.14. The van der Waals surface area contributed by atoms with Crippen LogP contribution in [0.4, 0.5) is 5.69 Å². The van der Waals surface area contributed by atoms with Crippen LogP contribution in [0.3, 0.4) is 0 Å². The minimum atomic E-state index is -0.159. The molecule has 0 unspecified atom stereocenters. The number of fused-ring (bicyclic) bond motifs is 1. The molecule has 0 saturated carbocycles. The van der Waals surface area contributed by atoms with Crippen molar-refractivity contribution in [3.8, 4) is 11.5 Å². The molecule has 0 aliphatic rings. The fraction of sp³-hybridized carbons (Fsp3) is 0.190. The van der Waals surface area contributed by atoms with E-state index >= 15 is 0 Å². The molecular weight excluding hydrogens is 314 g/mol. The molecule has 0 fully saturated rings. The Morgan fingerprint density at radius 2 is 1.60 bits per heavy atom. The number of ether oxygens (including phenoxy) is 2. The third-order valence-electron chi connectivity index (χ3n) is 4.24. The van der Waals surface area contributed by atoms with E-state index in [1.165, 1.54) is 0 Å². The monoisotopic (exact) mass is 335 g/mol. The minimum Gasteiger partial charge on any atom is -0.493 e. The smallest absolute Gasteiger partial charge is 0.256 e. The minimum absolute atomic E-state index is 0.159. The van der Waals surface area contributed by atoms with Crippen molar-refractivity contribution in [3.63, 3.8) is 0 Å². The van der Waals surface area contributed by atoms with E-state index in [4.69, 9.17) is 9.47 Å². The maximum Gasteiger partial charge on any atom is 0.256 e. The number of anilines is 1. The van der Waals surface area contributed by atoms with Gasteiger partial charge in [-0.2, -0.15) is 0 Å². The summed E-state index contributed by atoms with van der Waals surface area (Å²) in [5.41, 5.74) is 2.27. The molecular formula is C21H21NO3. The Kier molecular flexibility index (Phi) is 4.89. The van der Waals surface area contributed by atoms with E-state index in [0.29, 0.717) is 17.1 Å². The van der Waals surface area contributed by atoms with Crippen molar-refractivity contribution in [3.05, 3.63) is 65.7 Å². The van der Waals surface area contributed by atoms with Gasteiger partial charge in [-0.15, -0.1) is 0 Å². The highest BCUT2D eigenvalue weighted by atomic mass is 16.5. The van der Waals surface area contributed by atoms with Crippen LogP contribution in [0, 0.1) is 0 Å². The summed E-state index contributed by atoms with van der Waals surface area (Å²) in [6.45, 7) is 2.01. The van der Waals surface area contributed by atoms with Crippen LogP contribution in [0.5, 0.6) is 11.5 Å². The van der Waals surface area contributed by atoms with Crippen LogP contribution in [0.2, 0.25) is 0 Å². The molecule has 0 aliphatic carbocycles. The molecule has 128 valence electrons. The van der Waals surface area contributed by atoms with Crippen LogP contribution in [-0.2, 0) is 6.42 Å². The molecule has 0 saturated heterocycles. The van der Waals surface area contributed by atoms with Crippen molar-refractivity contribution in [1.82, 2.24) is 0 Å². The van der Waals surface area contributed by atoms with Crippen LogP contribution in [-0.4, -0.2) is 20.1 Å². The van der Waals surface area contributed by atoms with E-state index in [1.807, 2.05) is 55.5 Å². The molecule has 3 aromatic carbocycles. The van der Waals surface area contributed by atoms with E-state index in [0.717, 1.165) is 28.4 Å². The Bertz CT molecular complexity index is 918. The van der Waals surface area contributed by atoms with Gasteiger partial charge < -0.3 is 14.8 Å². The molecule has 0 bridgehead atoms. The van der Waals surface area contributed by atoms with Gasteiger partial charge in [-0.25, -0.2) is 0 Å². The standard InChI is InChI=1S/C21H21NO3/c1-4-14-12-19(24-2)20(25-3)13-18(14)21(23)22-17-10-9-15-7-5-6-8-16(15)11-17/h5-13H,4H2,1-3H3,(H,22,23). The molecule has 3 rings (SSSR count). The normalized spacial score (nSPS) is 10.5. The SMILES string of the molecule is CCc1cc(OC)c(OC)cc1C(=O)Nc1ccc2ccccc2c1. The lowest BCUT2D eigenvalue weighted by atomic mass is 10.0. The van der Waals surface area contributed by atoms with Crippen molar-refractivity contribution in [2.75, 3.05) is 19.5 Å². The Morgan fingerprint density at radius 3 is 2.28 bits per heavy atom. The number of carbonyl (C=O) groups is 1. The van der Waals surface area contributed by atoms with Crippen LogP contribution in [0.1, 0.15) is 22.8 Å². The highest BCUT2D eigenvalue weighted by Gasteiger charge is 2.16. The molecule has 3 aromatic rings. The third-order valence-corrected chi connectivity index (χ3v) is 4.24. The molecule has 1 N–H and O–H groups in total. The lowest BCUT2D eigenvalue weighted by Crippen LogP contribution is -2.14. The molecule has 25 heavy (non-hydrogen) atoms. The molecule has 0 atom stereocenters. The number of benzene rings is 3. The van der Waals surface area contributed by atoms with Crippen molar-refractivity contribution >= 4 is 22.4 Å². The predicted octanol–water partition coefficient (Wildman–Crippen LogP) is 4.67. The first-order chi connectivity index (χ1) is 12.2. The number of nitrogens with one attached hydrogen (secondary N) is 1. The van der Waals surface area contributed by atoms with Crippen LogP contribution in [0.15, 0.2) is 54.6 Å². The number of rotatable bonds is 5. The zero-order chi connectivity index (χ0) is 17.8. The van der Waals surface area contributed by atoms with Crippen molar-refractivity contribution in [2.45, 2.75) is 13.3 Å². The van der Waals surface area contributed by atoms with Gasteiger partial charge in [-0.1, -0.05) is 37.3 Å². The molecule has 4 nitrogen and oxygen atoms in total. The van der Waals surface area contributed by atoms with Gasteiger partial charge in [0.05, 0.1) is 14.2 Å². The topological polar surface area (TPSA) is 47.6 Å². The maximum atomic E-state index is 12.8. The van der Waals surface area contributed by atoms with E-state index in [1.54, 1.807) is 20.3 Å². The van der Waals surface area contributed by atoms with Crippen molar-refractivity contribution in [1.29, 1.82) is 0 Å². The molecule has 0 heterocycles. The summed E-state index contributed by atoms with van der Waals surface area (Å²) < 4.78 is 10.7. The number of hydrogen-bond donors (Lipinski definition) is 1. The second-order valence-corrected chi connectivity index (χ2v) is 5.73. The molecule has 1 amide bonds. The van der Waals surface area contributed by atoms with Crippen LogP contribution >= 0.6 is 0 Å². The van der Waals surface area contributed by atoms with Gasteiger partial charge >= 0.3 is 0 Å². The summed E-state index contributed by atoms with van der Waals surface area (Å²) >= 11 is 0. The number of carbonyl (C=O) groups excluding carboxylic acids is 1. The number of aryl methyl sites for hydroxylation is 1. The summed E-state index contributed by atoms with van der Waals surface area (Å²) in [4.78, 5) is 12.8. The van der Waals surface area contributed by atoms with Gasteiger partial charge in [0, 0.05) is 11.3 Å². The van der Waals surface area contributed by atoms with Gasteiger partial charge in [-0.3, -0.25) is 4.79 Å². The second kappa shape index (κ2) is 7.26. The van der Waals surface area contributed by atoms with E-state index in [9.17, 15) is 4.79 Å². The van der Waals surface area contributed by atoms with Gasteiger partial charge in [0.1, 0.15) is 0 Å². The predicted molar refractivity (Wildman–Crippen MR) is 101 cm³/mol. The molecule has 0 radical (unpaired) electrons. The largest absolute Gasteiger partial charge is 0.493 e. The summed E-state index contributed by atoms with van der Waals surface area (Å²) in [6, 6.07) is 17.5. The van der Waals surface area contributed by atoms with E-state index in [-0.39, 0.29) is 5.91 Å². The highest BCUT2D eigenvalue weighted by Crippen LogP contribution is 2.31. The molecule has 4 heteroatoms. The van der Waals surface area contributed by atoms with Gasteiger partial charge in [0.15, 0.2) is 11.5 Å². The fourth-order valence-electron chi connectivity index (χ4n) is 2.89. The average Bonchev–Trinajstić information content (AvgIpc) is 2.66. The number of amides is 1. The zero-order valence-corrected chi connectivity index (χ0v) is 14.6. The Labute approximate surface area is 147 Å². The summed E-state index contributed by atoms with van der Waals surface area (Å²) in [5, 5.41) is 5.20. The summed E-state index contributed by atoms with van der Waals surface area (Å²) in [6.07, 6.45) is 0.723. The van der Waals surface area contributed by atoms with E-state index in [2.05, 4.69) is 5.32 Å².